The summed E-state index contributed by atoms with van der Waals surface area (Å²) in [5, 5.41) is 3.49. The molecule has 1 aliphatic heterocycles. The maximum atomic E-state index is 15.7. The van der Waals surface area contributed by atoms with E-state index in [4.69, 9.17) is 4.98 Å². The average molecular weight is 517 g/mol. The third-order valence-electron chi connectivity index (χ3n) is 8.00. The van der Waals surface area contributed by atoms with Crippen molar-refractivity contribution in [2.75, 3.05) is 5.32 Å². The predicted octanol–water partition coefficient (Wildman–Crippen LogP) is 9.24. The lowest BCUT2D eigenvalue weighted by atomic mass is 9.66. The van der Waals surface area contributed by atoms with Crippen molar-refractivity contribution < 1.29 is 4.39 Å². The number of pyridine rings is 1. The van der Waals surface area contributed by atoms with Crippen LogP contribution < -0.4 is 5.32 Å². The van der Waals surface area contributed by atoms with Crippen molar-refractivity contribution in [2.45, 2.75) is 52.4 Å². The molecule has 0 amide bonds. The van der Waals surface area contributed by atoms with Gasteiger partial charge in [0.1, 0.15) is 11.6 Å². The van der Waals surface area contributed by atoms with Crippen molar-refractivity contribution in [1.29, 1.82) is 0 Å². The minimum Gasteiger partial charge on any atom is -0.338 e. The highest BCUT2D eigenvalue weighted by atomic mass is 19.1. The fourth-order valence-electron chi connectivity index (χ4n) is 5.73. The summed E-state index contributed by atoms with van der Waals surface area (Å²) in [6, 6.07) is 26.2. The van der Waals surface area contributed by atoms with Crippen molar-refractivity contribution in [2.24, 2.45) is 0 Å². The maximum absolute atomic E-state index is 15.7. The summed E-state index contributed by atoms with van der Waals surface area (Å²) >= 11 is 0. The van der Waals surface area contributed by atoms with Gasteiger partial charge in [0.25, 0.3) is 0 Å². The highest BCUT2D eigenvalue weighted by Crippen LogP contribution is 2.47. The number of nitrogens with one attached hydrogen (secondary N) is 1. The first-order valence-electron chi connectivity index (χ1n) is 13.8. The minimum absolute atomic E-state index is 0.0733. The van der Waals surface area contributed by atoms with Crippen LogP contribution in [0.4, 0.5) is 15.9 Å². The van der Waals surface area contributed by atoms with Crippen LogP contribution in [0.15, 0.2) is 85.1 Å². The maximum Gasteiger partial charge on any atom is 0.154 e. The molecular formula is C34H33FN4. The zero-order valence-electron chi connectivity index (χ0n) is 22.9. The van der Waals surface area contributed by atoms with Gasteiger partial charge in [-0.15, -0.1) is 0 Å². The van der Waals surface area contributed by atoms with Gasteiger partial charge in [0.15, 0.2) is 5.82 Å². The lowest BCUT2D eigenvalue weighted by molar-refractivity contribution is 0.263. The Morgan fingerprint density at radius 3 is 2.36 bits per heavy atom. The Hall–Kier alpha value is -4.25. The summed E-state index contributed by atoms with van der Waals surface area (Å²) in [6.07, 6.45) is 5.00. The van der Waals surface area contributed by atoms with Crippen LogP contribution in [0, 0.1) is 12.7 Å². The Kier molecular flexibility index (Phi) is 6.30. The Balaban J connectivity index is 0.00000135. The number of aromatic nitrogens is 3. The van der Waals surface area contributed by atoms with E-state index in [9.17, 15) is 0 Å². The van der Waals surface area contributed by atoms with Crippen LogP contribution in [0.3, 0.4) is 0 Å². The highest BCUT2D eigenvalue weighted by molar-refractivity contribution is 5.90. The van der Waals surface area contributed by atoms with Gasteiger partial charge in [-0.2, -0.15) is 0 Å². The van der Waals surface area contributed by atoms with Gasteiger partial charge in [-0.1, -0.05) is 81.3 Å². The molecular weight excluding hydrogens is 483 g/mol. The van der Waals surface area contributed by atoms with E-state index in [2.05, 4.69) is 65.1 Å². The molecule has 0 spiro atoms. The smallest absolute Gasteiger partial charge is 0.154 e. The average Bonchev–Trinajstić information content (AvgIpc) is 3.28. The molecule has 7 rings (SSSR count). The number of nitrogens with zero attached hydrogens (tertiary/aromatic N) is 3. The second-order valence-electron chi connectivity index (χ2n) is 10.5. The monoisotopic (exact) mass is 516 g/mol. The van der Waals surface area contributed by atoms with Crippen LogP contribution in [-0.4, -0.2) is 14.5 Å². The molecule has 2 aliphatic rings. The lowest BCUT2D eigenvalue weighted by Crippen LogP contribution is -2.31. The van der Waals surface area contributed by atoms with E-state index in [1.165, 1.54) is 5.56 Å². The molecule has 39 heavy (non-hydrogen) atoms. The molecule has 3 heterocycles. The summed E-state index contributed by atoms with van der Waals surface area (Å²) < 4.78 is 17.9. The minimum atomic E-state index is -0.149. The number of halogens is 1. The van der Waals surface area contributed by atoms with E-state index in [1.54, 1.807) is 12.3 Å². The summed E-state index contributed by atoms with van der Waals surface area (Å²) in [7, 11) is 0. The quantitative estimate of drug-likeness (QED) is 0.255. The van der Waals surface area contributed by atoms with Crippen molar-refractivity contribution in [3.8, 4) is 39.6 Å². The molecule has 3 aromatic carbocycles. The number of hydrogen-bond donors (Lipinski definition) is 1. The van der Waals surface area contributed by atoms with Crippen molar-refractivity contribution in [3.63, 3.8) is 0 Å². The Morgan fingerprint density at radius 2 is 1.64 bits per heavy atom. The first kappa shape index (κ1) is 25.1. The van der Waals surface area contributed by atoms with Gasteiger partial charge in [0.2, 0.25) is 0 Å². The van der Waals surface area contributed by atoms with Crippen LogP contribution in [0.5, 0.6) is 0 Å². The zero-order valence-corrected chi connectivity index (χ0v) is 22.9. The van der Waals surface area contributed by atoms with Gasteiger partial charge in [-0.05, 0) is 61.1 Å². The molecule has 1 saturated carbocycles. The molecule has 4 nitrogen and oxygen atoms in total. The predicted molar refractivity (Wildman–Crippen MR) is 158 cm³/mol. The molecule has 2 aromatic heterocycles. The summed E-state index contributed by atoms with van der Waals surface area (Å²) in [6.45, 7) is 8.24. The summed E-state index contributed by atoms with van der Waals surface area (Å²) in [4.78, 5) is 9.88. The van der Waals surface area contributed by atoms with Gasteiger partial charge in [-0.3, -0.25) is 4.57 Å². The molecule has 1 N–H and O–H groups in total. The van der Waals surface area contributed by atoms with Crippen molar-refractivity contribution in [1.82, 2.24) is 14.5 Å². The van der Waals surface area contributed by atoms with E-state index in [0.717, 1.165) is 75.9 Å². The number of imidazole rings is 1. The fraction of sp³-hybridized carbons (Fsp3) is 0.235. The number of benzene rings is 3. The molecule has 0 radical (unpaired) electrons. The third kappa shape index (κ3) is 4.13. The highest BCUT2D eigenvalue weighted by Gasteiger charge is 2.36. The molecule has 0 saturated heterocycles. The second kappa shape index (κ2) is 9.81. The first-order valence-corrected chi connectivity index (χ1v) is 13.8. The molecule has 1 aliphatic carbocycles. The number of aryl methyl sites for hydroxylation is 1. The topological polar surface area (TPSA) is 42.7 Å². The summed E-state index contributed by atoms with van der Waals surface area (Å²) in [5.41, 5.74) is 8.18. The van der Waals surface area contributed by atoms with Crippen LogP contribution in [-0.2, 0) is 5.41 Å². The Bertz CT molecular complexity index is 1660. The third-order valence-corrected chi connectivity index (χ3v) is 8.00. The van der Waals surface area contributed by atoms with E-state index in [-0.39, 0.29) is 11.2 Å². The van der Waals surface area contributed by atoms with Crippen LogP contribution in [0.2, 0.25) is 0 Å². The largest absolute Gasteiger partial charge is 0.338 e. The van der Waals surface area contributed by atoms with Crippen LogP contribution >= 0.6 is 0 Å². The van der Waals surface area contributed by atoms with Crippen LogP contribution in [0.1, 0.15) is 51.2 Å². The molecule has 0 unspecified atom stereocenters. The molecule has 1 fully saturated rings. The second-order valence-corrected chi connectivity index (χ2v) is 10.5. The van der Waals surface area contributed by atoms with Gasteiger partial charge >= 0.3 is 0 Å². The Morgan fingerprint density at radius 1 is 0.897 bits per heavy atom. The van der Waals surface area contributed by atoms with E-state index < -0.39 is 0 Å². The van der Waals surface area contributed by atoms with E-state index >= 15 is 4.39 Å². The van der Waals surface area contributed by atoms with Gasteiger partial charge in [0, 0.05) is 22.9 Å². The molecule has 0 bridgehead atoms. The number of para-hydroxylation sites is 1. The number of fused-ring (bicyclic) bond motifs is 5. The van der Waals surface area contributed by atoms with E-state index in [0.29, 0.717) is 0 Å². The Labute approximate surface area is 229 Å². The molecule has 196 valence electrons. The molecule has 0 atom stereocenters. The van der Waals surface area contributed by atoms with Gasteiger partial charge in [0.05, 0.1) is 22.8 Å². The molecule has 5 aromatic rings. The fourth-order valence-corrected chi connectivity index (χ4v) is 5.73. The van der Waals surface area contributed by atoms with Crippen LogP contribution in [0.25, 0.3) is 39.6 Å². The lowest BCUT2D eigenvalue weighted by Gasteiger charge is -2.39. The zero-order chi connectivity index (χ0) is 27.1. The number of anilines is 2. The first-order chi connectivity index (χ1) is 19.0. The van der Waals surface area contributed by atoms with Gasteiger partial charge < -0.3 is 5.32 Å². The van der Waals surface area contributed by atoms with E-state index in [1.807, 2.05) is 50.2 Å². The molecule has 5 heteroatoms. The normalized spacial score (nSPS) is 14.4. The van der Waals surface area contributed by atoms with Gasteiger partial charge in [-0.25, -0.2) is 14.4 Å². The van der Waals surface area contributed by atoms with Crippen molar-refractivity contribution in [3.05, 3.63) is 102 Å². The summed E-state index contributed by atoms with van der Waals surface area (Å²) in [5.74, 6) is 1.39. The SMILES string of the molecule is CC.Cc1ccc(-c2nc3n(c2-c2ccc(C4(C)CCC4)c(F)c2)-c2cccnc2Nc2ccccc2-3)cc1. The number of hydrogen-bond acceptors (Lipinski definition) is 3. The number of rotatable bonds is 3. The van der Waals surface area contributed by atoms with Crippen molar-refractivity contribution >= 4 is 11.5 Å². The standard InChI is InChI=1S/C32H27FN4.C2H6/c1-20-10-12-21(13-11-20)28-29(22-14-15-24(25(33)19-22)32(2)16-6-17-32)37-27-9-5-18-34-30(27)35-26-8-4-3-7-23(26)31(37)36-28;1-2/h3-5,7-15,18-19H,6,16-17H2,1-2H3,(H,34,35);1-2H3.